The van der Waals surface area contributed by atoms with Gasteiger partial charge in [0.1, 0.15) is 0 Å². The molecule has 1 aliphatic rings. The zero-order chi connectivity index (χ0) is 14.8. The van der Waals surface area contributed by atoms with Gasteiger partial charge in [-0.25, -0.2) is 13.1 Å². The first-order valence-electron chi connectivity index (χ1n) is 6.70. The molecular weight excluding hydrogens is 280 g/mol. The number of carbonyl (C=O) groups is 1. The zero-order valence-electron chi connectivity index (χ0n) is 11.7. The molecule has 0 atom stereocenters. The van der Waals surface area contributed by atoms with Crippen LogP contribution in [-0.4, -0.2) is 48.6 Å². The maximum atomic E-state index is 12.0. The summed E-state index contributed by atoms with van der Waals surface area (Å²) in [6.45, 7) is 4.92. The first-order chi connectivity index (χ1) is 9.40. The molecule has 20 heavy (non-hydrogen) atoms. The number of H-pyrrole nitrogens is 1. The van der Waals surface area contributed by atoms with Gasteiger partial charge in [-0.1, -0.05) is 13.8 Å². The molecule has 1 fully saturated rings. The van der Waals surface area contributed by atoms with Crippen molar-refractivity contribution in [1.29, 1.82) is 0 Å². The van der Waals surface area contributed by atoms with Crippen LogP contribution in [0.4, 0.5) is 0 Å². The van der Waals surface area contributed by atoms with Crippen LogP contribution in [0.15, 0.2) is 17.3 Å². The summed E-state index contributed by atoms with van der Waals surface area (Å²) < 4.78 is 26.7. The van der Waals surface area contributed by atoms with Crippen LogP contribution in [0.1, 0.15) is 26.7 Å². The number of nitrogens with one attached hydrogen (secondary N) is 2. The number of sulfonamides is 1. The second-order valence-electron chi connectivity index (χ2n) is 5.30. The Kier molecular flexibility index (Phi) is 4.44. The van der Waals surface area contributed by atoms with Gasteiger partial charge in [0.15, 0.2) is 5.03 Å². The van der Waals surface area contributed by atoms with E-state index in [1.807, 2.05) is 13.8 Å². The van der Waals surface area contributed by atoms with Crippen molar-refractivity contribution in [3.05, 3.63) is 12.3 Å². The van der Waals surface area contributed by atoms with E-state index in [0.717, 1.165) is 0 Å². The highest BCUT2D eigenvalue weighted by Gasteiger charge is 2.27. The third kappa shape index (κ3) is 3.37. The molecule has 2 heterocycles. The first kappa shape index (κ1) is 15.0. The van der Waals surface area contributed by atoms with Crippen LogP contribution in [-0.2, 0) is 14.8 Å². The fourth-order valence-corrected chi connectivity index (χ4v) is 3.47. The lowest BCUT2D eigenvalue weighted by Gasteiger charge is -2.33. The largest absolute Gasteiger partial charge is 0.342 e. The van der Waals surface area contributed by atoms with Gasteiger partial charge in [-0.15, -0.1) is 0 Å². The summed E-state index contributed by atoms with van der Waals surface area (Å²) in [5.41, 5.74) is 0. The number of amides is 1. The number of rotatable bonds is 4. The van der Waals surface area contributed by atoms with Crippen molar-refractivity contribution >= 4 is 15.9 Å². The molecule has 1 amide bonds. The summed E-state index contributed by atoms with van der Waals surface area (Å²) in [4.78, 5) is 13.6. The summed E-state index contributed by atoms with van der Waals surface area (Å²) in [7, 11) is -3.54. The molecule has 112 valence electrons. The lowest BCUT2D eigenvalue weighted by atomic mass is 10.0. The number of carbonyl (C=O) groups excluding carboxylic acids is 1. The van der Waals surface area contributed by atoms with Gasteiger partial charge in [-0.3, -0.25) is 9.89 Å². The van der Waals surface area contributed by atoms with E-state index in [1.165, 1.54) is 12.3 Å². The molecule has 2 N–H and O–H groups in total. The van der Waals surface area contributed by atoms with E-state index in [0.29, 0.717) is 25.9 Å². The van der Waals surface area contributed by atoms with Gasteiger partial charge in [-0.2, -0.15) is 5.10 Å². The number of hydrogen-bond donors (Lipinski definition) is 2. The van der Waals surface area contributed by atoms with Crippen LogP contribution < -0.4 is 4.72 Å². The molecule has 0 unspecified atom stereocenters. The highest BCUT2D eigenvalue weighted by atomic mass is 32.2. The minimum Gasteiger partial charge on any atom is -0.342 e. The Morgan fingerprint density at radius 2 is 2.10 bits per heavy atom. The van der Waals surface area contributed by atoms with Gasteiger partial charge in [0.2, 0.25) is 5.91 Å². The molecule has 0 spiro atoms. The molecule has 0 bridgehead atoms. The summed E-state index contributed by atoms with van der Waals surface area (Å²) >= 11 is 0. The standard InChI is InChI=1S/C12H20N4O3S/c1-9(2)12(17)16-7-4-10(5-8-16)15-20(18,19)11-3-6-13-14-11/h3,6,9-10,15H,4-5,7-8H2,1-2H3,(H,13,14). The average molecular weight is 300 g/mol. The lowest BCUT2D eigenvalue weighted by Crippen LogP contribution is -2.47. The van der Waals surface area contributed by atoms with Crippen molar-refractivity contribution in [2.75, 3.05) is 13.1 Å². The molecule has 8 heteroatoms. The van der Waals surface area contributed by atoms with Crippen LogP contribution in [0.2, 0.25) is 0 Å². The number of aromatic nitrogens is 2. The molecule has 0 aliphatic carbocycles. The third-order valence-corrected chi connectivity index (χ3v) is 4.84. The maximum Gasteiger partial charge on any atom is 0.257 e. The van der Waals surface area contributed by atoms with Crippen molar-refractivity contribution in [3.8, 4) is 0 Å². The van der Waals surface area contributed by atoms with Crippen molar-refractivity contribution in [2.45, 2.75) is 37.8 Å². The van der Waals surface area contributed by atoms with Crippen LogP contribution in [0.25, 0.3) is 0 Å². The molecule has 2 rings (SSSR count). The SMILES string of the molecule is CC(C)C(=O)N1CCC(NS(=O)(=O)c2ccn[nH]2)CC1. The Balaban J connectivity index is 1.91. The van der Waals surface area contributed by atoms with Gasteiger partial charge in [-0.05, 0) is 18.9 Å². The maximum absolute atomic E-state index is 12.0. The number of hydrogen-bond acceptors (Lipinski definition) is 4. The predicted molar refractivity (Wildman–Crippen MR) is 73.3 cm³/mol. The Morgan fingerprint density at radius 1 is 1.45 bits per heavy atom. The molecule has 7 nitrogen and oxygen atoms in total. The van der Waals surface area contributed by atoms with Crippen molar-refractivity contribution in [1.82, 2.24) is 19.8 Å². The van der Waals surface area contributed by atoms with Gasteiger partial charge >= 0.3 is 0 Å². The van der Waals surface area contributed by atoms with Crippen molar-refractivity contribution in [2.24, 2.45) is 5.92 Å². The van der Waals surface area contributed by atoms with E-state index >= 15 is 0 Å². The lowest BCUT2D eigenvalue weighted by molar-refractivity contribution is -0.135. The normalized spacial score (nSPS) is 17.6. The van der Waals surface area contributed by atoms with E-state index in [-0.39, 0.29) is 22.9 Å². The molecular formula is C12H20N4O3S. The third-order valence-electron chi connectivity index (χ3n) is 3.39. The minimum atomic E-state index is -3.54. The monoisotopic (exact) mass is 300 g/mol. The highest BCUT2D eigenvalue weighted by Crippen LogP contribution is 2.15. The van der Waals surface area contributed by atoms with E-state index in [1.54, 1.807) is 4.90 Å². The van der Waals surface area contributed by atoms with Crippen LogP contribution in [0.5, 0.6) is 0 Å². The second kappa shape index (κ2) is 5.92. The molecule has 0 radical (unpaired) electrons. The van der Waals surface area contributed by atoms with Gasteiger partial charge in [0, 0.05) is 25.0 Å². The summed E-state index contributed by atoms with van der Waals surface area (Å²) in [6, 6.07) is 1.28. The Morgan fingerprint density at radius 3 is 2.60 bits per heavy atom. The molecule has 0 aromatic carbocycles. The van der Waals surface area contributed by atoms with Crippen molar-refractivity contribution in [3.63, 3.8) is 0 Å². The summed E-state index contributed by atoms with van der Waals surface area (Å²) in [6.07, 6.45) is 2.66. The Labute approximate surface area is 118 Å². The highest BCUT2D eigenvalue weighted by molar-refractivity contribution is 7.89. The molecule has 1 saturated heterocycles. The van der Waals surface area contributed by atoms with E-state index in [9.17, 15) is 13.2 Å². The predicted octanol–water partition coefficient (Wildman–Crippen LogP) is 0.335. The minimum absolute atomic E-state index is 0.0202. The Hall–Kier alpha value is -1.41. The smallest absolute Gasteiger partial charge is 0.257 e. The molecule has 1 aromatic rings. The number of nitrogens with zero attached hydrogens (tertiary/aromatic N) is 2. The van der Waals surface area contributed by atoms with E-state index in [4.69, 9.17) is 0 Å². The van der Waals surface area contributed by atoms with E-state index in [2.05, 4.69) is 14.9 Å². The summed E-state index contributed by atoms with van der Waals surface area (Å²) in [5, 5.41) is 6.15. The van der Waals surface area contributed by atoms with E-state index < -0.39 is 10.0 Å². The molecule has 0 saturated carbocycles. The topological polar surface area (TPSA) is 95.2 Å². The van der Waals surface area contributed by atoms with Gasteiger partial charge in [0.25, 0.3) is 10.0 Å². The van der Waals surface area contributed by atoms with Crippen LogP contribution >= 0.6 is 0 Å². The molecule has 1 aromatic heterocycles. The van der Waals surface area contributed by atoms with Crippen LogP contribution in [0.3, 0.4) is 0 Å². The van der Waals surface area contributed by atoms with Crippen LogP contribution in [0, 0.1) is 5.92 Å². The van der Waals surface area contributed by atoms with Gasteiger partial charge < -0.3 is 4.90 Å². The Bertz CT molecular complexity index is 545. The second-order valence-corrected chi connectivity index (χ2v) is 6.98. The van der Waals surface area contributed by atoms with Gasteiger partial charge in [0.05, 0.1) is 6.20 Å². The number of likely N-dealkylation sites (tertiary alicyclic amines) is 1. The van der Waals surface area contributed by atoms with Crippen molar-refractivity contribution < 1.29 is 13.2 Å². The molecule has 1 aliphatic heterocycles. The average Bonchev–Trinajstić information content (AvgIpc) is 2.93. The zero-order valence-corrected chi connectivity index (χ0v) is 12.5. The fraction of sp³-hybridized carbons (Fsp3) is 0.667. The summed E-state index contributed by atoms with van der Waals surface area (Å²) in [5.74, 6) is 0.105. The number of piperidine rings is 1. The number of aromatic amines is 1. The first-order valence-corrected chi connectivity index (χ1v) is 8.19. The quantitative estimate of drug-likeness (QED) is 0.838. The fourth-order valence-electron chi connectivity index (χ4n) is 2.26.